The summed E-state index contributed by atoms with van der Waals surface area (Å²) < 4.78 is 25.1. The SMILES string of the molecule is CCC(OP(=O)(O)c1ccoc1-c1nc(N)sc1CC(C)C)c1cccc2ccccc12. The van der Waals surface area contributed by atoms with E-state index < -0.39 is 13.7 Å². The molecule has 4 aromatic rings. The van der Waals surface area contributed by atoms with Crippen LogP contribution in [0.5, 0.6) is 0 Å². The number of furan rings is 1. The number of anilines is 1. The van der Waals surface area contributed by atoms with E-state index in [1.54, 1.807) is 0 Å². The number of fused-ring (bicyclic) bond motifs is 1. The Balaban J connectivity index is 1.71. The highest BCUT2D eigenvalue weighted by Crippen LogP contribution is 2.50. The number of benzene rings is 2. The van der Waals surface area contributed by atoms with Gasteiger partial charge in [0.1, 0.15) is 11.0 Å². The highest BCUT2D eigenvalue weighted by atomic mass is 32.1. The lowest BCUT2D eigenvalue weighted by atomic mass is 9.99. The third-order valence-electron chi connectivity index (χ3n) is 5.28. The molecule has 0 aliphatic heterocycles. The summed E-state index contributed by atoms with van der Waals surface area (Å²) in [5.74, 6) is 0.618. The average Bonchev–Trinajstić information content (AvgIpc) is 3.38. The summed E-state index contributed by atoms with van der Waals surface area (Å²) in [6, 6.07) is 15.3. The van der Waals surface area contributed by atoms with Crippen molar-refractivity contribution in [2.24, 2.45) is 5.92 Å². The zero-order chi connectivity index (χ0) is 22.9. The van der Waals surface area contributed by atoms with Gasteiger partial charge in [0, 0.05) is 4.88 Å². The minimum atomic E-state index is -4.23. The zero-order valence-corrected chi connectivity index (χ0v) is 20.0. The van der Waals surface area contributed by atoms with Crippen LogP contribution in [0.2, 0.25) is 0 Å². The molecule has 0 fully saturated rings. The molecule has 2 unspecified atom stereocenters. The molecule has 0 radical (unpaired) electrons. The summed E-state index contributed by atoms with van der Waals surface area (Å²) in [7, 11) is -4.23. The Bertz CT molecular complexity index is 1270. The topological polar surface area (TPSA) is 98.6 Å². The minimum Gasteiger partial charge on any atom is -0.462 e. The van der Waals surface area contributed by atoms with Crippen molar-refractivity contribution >= 4 is 40.1 Å². The van der Waals surface area contributed by atoms with E-state index in [-0.39, 0.29) is 11.1 Å². The second kappa shape index (κ2) is 9.20. The smallest absolute Gasteiger partial charge is 0.363 e. The molecule has 4 rings (SSSR count). The maximum absolute atomic E-state index is 13.5. The Hall–Kier alpha value is -2.44. The molecule has 2 aromatic heterocycles. The number of nitrogen functional groups attached to an aromatic ring is 1. The van der Waals surface area contributed by atoms with Crippen LogP contribution in [0.25, 0.3) is 22.2 Å². The monoisotopic (exact) mass is 470 g/mol. The van der Waals surface area contributed by atoms with Gasteiger partial charge in [0.05, 0.1) is 12.4 Å². The number of nitrogens with zero attached hydrogens (tertiary/aromatic N) is 1. The van der Waals surface area contributed by atoms with Crippen LogP contribution < -0.4 is 11.0 Å². The van der Waals surface area contributed by atoms with Gasteiger partial charge in [-0.2, -0.15) is 0 Å². The molecule has 0 saturated heterocycles. The first-order chi connectivity index (χ1) is 15.3. The summed E-state index contributed by atoms with van der Waals surface area (Å²) in [4.78, 5) is 16.4. The number of thiazole rings is 1. The predicted molar refractivity (Wildman–Crippen MR) is 130 cm³/mol. The van der Waals surface area contributed by atoms with E-state index in [0.29, 0.717) is 23.2 Å². The number of hydrogen-bond donors (Lipinski definition) is 2. The molecule has 6 nitrogen and oxygen atoms in total. The van der Waals surface area contributed by atoms with E-state index >= 15 is 0 Å². The van der Waals surface area contributed by atoms with Crippen LogP contribution in [0.4, 0.5) is 5.13 Å². The summed E-state index contributed by atoms with van der Waals surface area (Å²) in [6.07, 6.45) is 2.11. The van der Waals surface area contributed by atoms with E-state index in [4.69, 9.17) is 14.7 Å². The molecule has 0 spiro atoms. The first-order valence-corrected chi connectivity index (χ1v) is 13.0. The fraction of sp³-hybridized carbons (Fsp3) is 0.292. The van der Waals surface area contributed by atoms with Gasteiger partial charge in [-0.15, -0.1) is 11.3 Å². The van der Waals surface area contributed by atoms with Crippen molar-refractivity contribution in [3.63, 3.8) is 0 Å². The maximum atomic E-state index is 13.5. The van der Waals surface area contributed by atoms with Crippen LogP contribution >= 0.6 is 18.9 Å². The number of hydrogen-bond acceptors (Lipinski definition) is 6. The Morgan fingerprint density at radius 2 is 1.94 bits per heavy atom. The van der Waals surface area contributed by atoms with Crippen LogP contribution in [-0.2, 0) is 15.5 Å². The minimum absolute atomic E-state index is 0.103. The third kappa shape index (κ3) is 4.52. The Morgan fingerprint density at radius 1 is 1.19 bits per heavy atom. The normalized spacial score (nSPS) is 14.7. The second-order valence-corrected chi connectivity index (χ2v) is 11.0. The van der Waals surface area contributed by atoms with Gasteiger partial charge >= 0.3 is 7.60 Å². The van der Waals surface area contributed by atoms with Crippen molar-refractivity contribution in [2.75, 3.05) is 5.73 Å². The lowest BCUT2D eigenvalue weighted by molar-refractivity contribution is 0.179. The molecule has 32 heavy (non-hydrogen) atoms. The molecule has 2 atom stereocenters. The quantitative estimate of drug-likeness (QED) is 0.293. The third-order valence-corrected chi connectivity index (χ3v) is 7.69. The molecular formula is C24H27N2O4PS. The molecule has 0 amide bonds. The molecule has 8 heteroatoms. The molecule has 3 N–H and O–H groups in total. The molecule has 2 aromatic carbocycles. The van der Waals surface area contributed by atoms with Gasteiger partial charge < -0.3 is 15.0 Å². The summed E-state index contributed by atoms with van der Waals surface area (Å²) in [5, 5.41) is 2.56. The first-order valence-electron chi connectivity index (χ1n) is 10.6. The maximum Gasteiger partial charge on any atom is 0.363 e. The average molecular weight is 471 g/mol. The van der Waals surface area contributed by atoms with Crippen LogP contribution in [-0.4, -0.2) is 9.88 Å². The Morgan fingerprint density at radius 3 is 2.69 bits per heavy atom. The Labute approximate surface area is 191 Å². The fourth-order valence-corrected chi connectivity index (χ4v) is 6.30. The lowest BCUT2D eigenvalue weighted by Crippen LogP contribution is -2.12. The van der Waals surface area contributed by atoms with Crippen LogP contribution in [0.3, 0.4) is 0 Å². The zero-order valence-electron chi connectivity index (χ0n) is 18.3. The molecule has 0 aliphatic rings. The van der Waals surface area contributed by atoms with Crippen molar-refractivity contribution in [2.45, 2.75) is 39.7 Å². The van der Waals surface area contributed by atoms with Crippen molar-refractivity contribution in [1.29, 1.82) is 0 Å². The molecule has 0 aliphatic carbocycles. The standard InChI is InChI=1S/C24H27N2O4PS/c1-4-19(18-11-7-9-16-8-5-6-10-17(16)18)30-31(27,28)20-12-13-29-23(20)22-21(14-15(2)3)32-24(25)26-22/h5-13,15,19H,4,14H2,1-3H3,(H2,25,26)(H,27,28). The van der Waals surface area contributed by atoms with E-state index in [2.05, 4.69) is 18.8 Å². The summed E-state index contributed by atoms with van der Waals surface area (Å²) >= 11 is 1.37. The molecule has 0 bridgehead atoms. The summed E-state index contributed by atoms with van der Waals surface area (Å²) in [5.41, 5.74) is 7.34. The molecular weight excluding hydrogens is 443 g/mol. The van der Waals surface area contributed by atoms with Gasteiger partial charge in [-0.1, -0.05) is 63.2 Å². The first kappa shape index (κ1) is 22.7. The van der Waals surface area contributed by atoms with Crippen molar-refractivity contribution in [3.8, 4) is 11.5 Å². The van der Waals surface area contributed by atoms with Gasteiger partial charge in [0.25, 0.3) is 0 Å². The lowest BCUT2D eigenvalue weighted by Gasteiger charge is -2.22. The number of rotatable bonds is 8. The second-order valence-electron chi connectivity index (χ2n) is 8.15. The van der Waals surface area contributed by atoms with Gasteiger partial charge in [0.2, 0.25) is 0 Å². The molecule has 168 valence electrons. The largest absolute Gasteiger partial charge is 0.462 e. The van der Waals surface area contributed by atoms with E-state index in [9.17, 15) is 9.46 Å². The Kier molecular flexibility index (Phi) is 6.54. The van der Waals surface area contributed by atoms with Crippen LogP contribution in [0.1, 0.15) is 43.7 Å². The van der Waals surface area contributed by atoms with Crippen LogP contribution in [0.15, 0.2) is 59.2 Å². The predicted octanol–water partition coefficient (Wildman–Crippen LogP) is 6.32. The van der Waals surface area contributed by atoms with E-state index in [1.165, 1.54) is 23.7 Å². The van der Waals surface area contributed by atoms with Gasteiger partial charge in [-0.25, -0.2) is 4.98 Å². The fourth-order valence-electron chi connectivity index (χ4n) is 3.87. The van der Waals surface area contributed by atoms with Gasteiger partial charge in [-0.3, -0.25) is 9.09 Å². The van der Waals surface area contributed by atoms with Crippen molar-refractivity contribution < 1.29 is 18.4 Å². The van der Waals surface area contributed by atoms with Crippen molar-refractivity contribution in [3.05, 3.63) is 65.2 Å². The highest BCUT2D eigenvalue weighted by molar-refractivity contribution is 7.61. The van der Waals surface area contributed by atoms with Crippen molar-refractivity contribution in [1.82, 2.24) is 4.98 Å². The highest BCUT2D eigenvalue weighted by Gasteiger charge is 2.34. The van der Waals surface area contributed by atoms with E-state index in [1.807, 2.05) is 49.4 Å². The van der Waals surface area contributed by atoms with Gasteiger partial charge in [0.15, 0.2) is 10.9 Å². The van der Waals surface area contributed by atoms with Gasteiger partial charge in [-0.05, 0) is 41.2 Å². The molecule has 0 saturated carbocycles. The van der Waals surface area contributed by atoms with E-state index in [0.717, 1.165) is 27.6 Å². The summed E-state index contributed by atoms with van der Waals surface area (Å²) in [6.45, 7) is 6.13. The number of nitrogens with two attached hydrogens (primary N) is 1. The van der Waals surface area contributed by atoms with Crippen LogP contribution in [0, 0.1) is 5.92 Å². The number of aromatic nitrogens is 1. The molecule has 2 heterocycles.